The van der Waals surface area contributed by atoms with E-state index in [1.54, 1.807) is 32.8 Å². The van der Waals surface area contributed by atoms with Crippen LogP contribution in [0.4, 0.5) is 18.9 Å². The van der Waals surface area contributed by atoms with E-state index in [1.807, 2.05) is 39.5 Å². The van der Waals surface area contributed by atoms with Crippen LogP contribution in [-0.2, 0) is 15.8 Å². The molecule has 4 rings (SSSR count). The Balaban J connectivity index is 0.000000613. The first-order valence-electron chi connectivity index (χ1n) is 17.0. The summed E-state index contributed by atoms with van der Waals surface area (Å²) in [7, 11) is 3.26. The number of hydrazine groups is 1. The highest BCUT2D eigenvalue weighted by atomic mass is 19.4. The van der Waals surface area contributed by atoms with Crippen molar-refractivity contribution in [1.82, 2.24) is 35.7 Å². The van der Waals surface area contributed by atoms with Crippen LogP contribution in [0.2, 0.25) is 0 Å². The second kappa shape index (κ2) is 20.7. The number of alkyl halides is 3. The SMILES string of the molecule is C=C(NN/C(CC)=C(\C(=O)N(C)CC=O)N1CCN(C(=O)c2[nH]nc(C)c2O)CC1)C1CC1.CC.CC.CNc1ccc(C(F)(F)F)cc1C. The van der Waals surface area contributed by atoms with Crippen molar-refractivity contribution in [2.75, 3.05) is 52.1 Å². The minimum absolute atomic E-state index is 0.0154. The molecule has 0 bridgehead atoms. The number of anilines is 1. The number of carbonyl (C=O) groups excluding carboxylic acids is 3. The van der Waals surface area contributed by atoms with E-state index in [2.05, 4.69) is 32.9 Å². The molecule has 0 spiro atoms. The molecule has 15 heteroatoms. The normalized spacial score (nSPS) is 14.2. The van der Waals surface area contributed by atoms with Crippen LogP contribution < -0.4 is 16.2 Å². The Morgan fingerprint density at radius 2 is 1.66 bits per heavy atom. The van der Waals surface area contributed by atoms with E-state index < -0.39 is 11.7 Å². The van der Waals surface area contributed by atoms with Crippen molar-refractivity contribution in [1.29, 1.82) is 0 Å². The van der Waals surface area contributed by atoms with Crippen molar-refractivity contribution < 1.29 is 32.7 Å². The Morgan fingerprint density at radius 1 is 1.08 bits per heavy atom. The summed E-state index contributed by atoms with van der Waals surface area (Å²) in [5, 5.41) is 19.3. The fourth-order valence-electron chi connectivity index (χ4n) is 4.82. The molecule has 1 aliphatic carbocycles. The molecule has 1 saturated heterocycles. The maximum Gasteiger partial charge on any atom is 0.416 e. The van der Waals surface area contributed by atoms with Crippen LogP contribution in [0.3, 0.4) is 0 Å². The van der Waals surface area contributed by atoms with Crippen molar-refractivity contribution in [3.8, 4) is 5.75 Å². The summed E-state index contributed by atoms with van der Waals surface area (Å²) in [5.41, 5.74) is 9.47. The van der Waals surface area contributed by atoms with Crippen molar-refractivity contribution >= 4 is 23.8 Å². The number of halogens is 3. The number of nitrogens with one attached hydrogen (secondary N) is 4. The molecule has 2 aliphatic rings. The average molecular weight is 709 g/mol. The second-order valence-corrected chi connectivity index (χ2v) is 11.2. The molecule has 2 aromatic rings. The molecule has 2 heterocycles. The number of carbonyl (C=O) groups is 3. The number of aromatic nitrogens is 2. The molecule has 12 nitrogen and oxygen atoms in total. The number of aromatic amines is 1. The number of hydrogen-bond donors (Lipinski definition) is 5. The van der Waals surface area contributed by atoms with Crippen molar-refractivity contribution in [2.24, 2.45) is 5.92 Å². The zero-order valence-electron chi connectivity index (χ0n) is 30.8. The number of hydrogen-bond acceptors (Lipinski definition) is 9. The Morgan fingerprint density at radius 3 is 2.10 bits per heavy atom. The zero-order chi connectivity index (χ0) is 38.2. The summed E-state index contributed by atoms with van der Waals surface area (Å²) in [6.45, 7) is 18.8. The van der Waals surface area contributed by atoms with Crippen LogP contribution in [0.25, 0.3) is 0 Å². The lowest BCUT2D eigenvalue weighted by Crippen LogP contribution is -2.51. The summed E-state index contributed by atoms with van der Waals surface area (Å²) >= 11 is 0. The standard InChI is InChI=1S/C22H33N7O4.C9H10F3N.2C2H6/c1-5-17(25-23-14(2)16-6-7-16)19(22(33)27(4)12-13-30)28-8-10-29(11-9-28)21(32)18-20(31)15(3)24-26-18;1-6-5-7(9(10,11)12)3-4-8(6)13-2;2*1-2/h13,16,23,25,31H,2,5-12H2,1,3-4H3,(H,24,26);3-5,13H,1-2H3;2*1-2H3/b19-17+;;;. The minimum Gasteiger partial charge on any atom is -0.504 e. The minimum atomic E-state index is -4.25. The van der Waals surface area contributed by atoms with Gasteiger partial charge >= 0.3 is 6.18 Å². The number of H-pyrrole nitrogens is 1. The highest BCUT2D eigenvalue weighted by Gasteiger charge is 2.32. The highest BCUT2D eigenvalue weighted by molar-refractivity contribution is 5.96. The van der Waals surface area contributed by atoms with E-state index in [-0.39, 0.29) is 29.8 Å². The van der Waals surface area contributed by atoms with Gasteiger partial charge in [-0.25, -0.2) is 0 Å². The van der Waals surface area contributed by atoms with Gasteiger partial charge in [0.1, 0.15) is 17.7 Å². The van der Waals surface area contributed by atoms with Gasteiger partial charge in [-0.05, 0) is 62.8 Å². The van der Waals surface area contributed by atoms with Crippen molar-refractivity contribution in [3.05, 3.63) is 64.4 Å². The first kappa shape index (κ1) is 43.3. The van der Waals surface area contributed by atoms with Gasteiger partial charge in [0.15, 0.2) is 11.4 Å². The molecule has 0 radical (unpaired) electrons. The van der Waals surface area contributed by atoms with Gasteiger partial charge in [0.25, 0.3) is 11.8 Å². The molecule has 2 fully saturated rings. The van der Waals surface area contributed by atoms with E-state index in [9.17, 15) is 32.7 Å². The molecule has 1 saturated carbocycles. The monoisotopic (exact) mass is 708 g/mol. The third-order valence-corrected chi connectivity index (χ3v) is 7.82. The Bertz CT molecular complexity index is 1450. The van der Waals surface area contributed by atoms with Crippen molar-refractivity contribution in [2.45, 2.75) is 73.9 Å². The molecule has 2 amide bonds. The van der Waals surface area contributed by atoms with Gasteiger partial charge in [0.05, 0.1) is 17.8 Å². The molecular weight excluding hydrogens is 653 g/mol. The number of rotatable bonds is 11. The van der Waals surface area contributed by atoms with E-state index in [0.717, 1.165) is 30.7 Å². The van der Waals surface area contributed by atoms with Gasteiger partial charge in [0, 0.05) is 51.7 Å². The lowest BCUT2D eigenvalue weighted by molar-refractivity contribution is -0.137. The fraction of sp³-hybridized carbons (Fsp3) is 0.543. The third-order valence-electron chi connectivity index (χ3n) is 7.82. The lowest BCUT2D eigenvalue weighted by Gasteiger charge is -2.38. The van der Waals surface area contributed by atoms with Gasteiger partial charge in [-0.1, -0.05) is 41.2 Å². The number of aryl methyl sites for hydroxylation is 2. The molecule has 50 heavy (non-hydrogen) atoms. The molecular formula is C35H55F3N8O4. The van der Waals surface area contributed by atoms with Crippen LogP contribution in [0.15, 0.2) is 41.9 Å². The largest absolute Gasteiger partial charge is 0.504 e. The van der Waals surface area contributed by atoms with Crippen LogP contribution in [0.5, 0.6) is 5.75 Å². The lowest BCUT2D eigenvalue weighted by atomic mass is 10.1. The van der Waals surface area contributed by atoms with E-state index in [0.29, 0.717) is 73.1 Å². The molecule has 280 valence electrons. The number of aldehydes is 1. The average Bonchev–Trinajstić information content (AvgIpc) is 3.92. The molecule has 0 unspecified atom stereocenters. The maximum atomic E-state index is 13.3. The zero-order valence-corrected chi connectivity index (χ0v) is 30.8. The summed E-state index contributed by atoms with van der Waals surface area (Å²) < 4.78 is 36.5. The second-order valence-electron chi connectivity index (χ2n) is 11.2. The predicted molar refractivity (Wildman–Crippen MR) is 190 cm³/mol. The topological polar surface area (TPSA) is 146 Å². The number of amides is 2. The maximum absolute atomic E-state index is 13.3. The molecule has 1 aliphatic heterocycles. The fourth-order valence-corrected chi connectivity index (χ4v) is 4.82. The Labute approximate surface area is 294 Å². The summed E-state index contributed by atoms with van der Waals surface area (Å²) in [6, 6.07) is 3.63. The Hall–Kier alpha value is -4.69. The Kier molecular flexibility index (Phi) is 18.0. The number of benzene rings is 1. The first-order valence-corrected chi connectivity index (χ1v) is 17.0. The van der Waals surface area contributed by atoms with Crippen LogP contribution in [-0.4, -0.2) is 94.9 Å². The quantitative estimate of drug-likeness (QED) is 0.115. The van der Waals surface area contributed by atoms with E-state index in [1.165, 1.54) is 11.0 Å². The number of allylic oxidation sites excluding steroid dienone is 2. The van der Waals surface area contributed by atoms with Gasteiger partial charge in [-0.3, -0.25) is 14.7 Å². The third kappa shape index (κ3) is 12.0. The predicted octanol–water partition coefficient (Wildman–Crippen LogP) is 5.59. The number of nitrogens with zero attached hydrogens (tertiary/aromatic N) is 4. The van der Waals surface area contributed by atoms with Gasteiger partial charge in [0.2, 0.25) is 0 Å². The highest BCUT2D eigenvalue weighted by Crippen LogP contribution is 2.34. The van der Waals surface area contributed by atoms with Gasteiger partial charge in [-0.15, -0.1) is 0 Å². The first-order chi connectivity index (χ1) is 23.7. The summed E-state index contributed by atoms with van der Waals surface area (Å²) in [4.78, 5) is 42.0. The van der Waals surface area contributed by atoms with Gasteiger partial charge < -0.3 is 40.8 Å². The number of likely N-dealkylation sites (N-methyl/N-ethyl adjacent to an activating group) is 1. The number of aromatic hydroxyl groups is 1. The summed E-state index contributed by atoms with van der Waals surface area (Å²) in [6.07, 6.45) is -0.794. The smallest absolute Gasteiger partial charge is 0.416 e. The van der Waals surface area contributed by atoms with Crippen molar-refractivity contribution in [3.63, 3.8) is 0 Å². The van der Waals surface area contributed by atoms with E-state index >= 15 is 0 Å². The molecule has 5 N–H and O–H groups in total. The molecule has 1 aromatic heterocycles. The van der Waals surface area contributed by atoms with E-state index in [4.69, 9.17) is 0 Å². The van der Waals surface area contributed by atoms with Gasteiger partial charge in [-0.2, -0.15) is 18.3 Å². The molecule has 0 atom stereocenters. The molecule has 1 aromatic carbocycles. The summed E-state index contributed by atoms with van der Waals surface area (Å²) in [5.74, 6) is -0.302. The van der Waals surface area contributed by atoms with Crippen LogP contribution in [0, 0.1) is 19.8 Å². The van der Waals surface area contributed by atoms with Crippen LogP contribution >= 0.6 is 0 Å². The number of piperazine rings is 1. The van der Waals surface area contributed by atoms with Crippen LogP contribution in [0.1, 0.15) is 81.2 Å².